The highest BCUT2D eigenvalue weighted by molar-refractivity contribution is 5.74. The summed E-state index contributed by atoms with van der Waals surface area (Å²) >= 11 is 0. The van der Waals surface area contributed by atoms with Crippen LogP contribution in [0, 0.1) is 5.41 Å². The first kappa shape index (κ1) is 15.8. The van der Waals surface area contributed by atoms with E-state index in [1.54, 1.807) is 0 Å². The number of nitrogens with one attached hydrogen (secondary N) is 1. The van der Waals surface area contributed by atoms with E-state index in [1.807, 2.05) is 29.4 Å². The maximum absolute atomic E-state index is 12.1. The first-order chi connectivity index (χ1) is 9.94. The van der Waals surface area contributed by atoms with Crippen molar-refractivity contribution >= 4 is 6.03 Å². The highest BCUT2D eigenvalue weighted by Crippen LogP contribution is 2.11. The van der Waals surface area contributed by atoms with E-state index >= 15 is 0 Å². The van der Waals surface area contributed by atoms with Gasteiger partial charge >= 0.3 is 6.03 Å². The van der Waals surface area contributed by atoms with E-state index in [9.17, 15) is 4.79 Å². The Kier molecular flexibility index (Phi) is 5.17. The molecule has 1 fully saturated rings. The SMILES string of the molecule is CC(C)(C)CNC(=O)N1CCN(Cc2ccncc2)CC1. The van der Waals surface area contributed by atoms with Gasteiger partial charge in [-0.1, -0.05) is 20.8 Å². The fourth-order valence-electron chi connectivity index (χ4n) is 2.31. The summed E-state index contributed by atoms with van der Waals surface area (Å²) in [7, 11) is 0. The number of rotatable bonds is 3. The van der Waals surface area contributed by atoms with Crippen LogP contribution in [0.25, 0.3) is 0 Å². The number of hydrogen-bond acceptors (Lipinski definition) is 3. The minimum atomic E-state index is 0.0634. The molecule has 0 saturated carbocycles. The molecule has 1 N–H and O–H groups in total. The lowest BCUT2D eigenvalue weighted by atomic mass is 9.97. The smallest absolute Gasteiger partial charge is 0.317 e. The molecular formula is C16H26N4O. The molecule has 1 saturated heterocycles. The molecule has 2 rings (SSSR count). The van der Waals surface area contributed by atoms with Gasteiger partial charge in [-0.2, -0.15) is 0 Å². The Morgan fingerprint density at radius 3 is 2.38 bits per heavy atom. The highest BCUT2D eigenvalue weighted by Gasteiger charge is 2.22. The topological polar surface area (TPSA) is 48.5 Å². The van der Waals surface area contributed by atoms with Gasteiger partial charge in [-0.3, -0.25) is 9.88 Å². The van der Waals surface area contributed by atoms with Crippen molar-refractivity contribution < 1.29 is 4.79 Å². The van der Waals surface area contributed by atoms with Gasteiger partial charge in [0.05, 0.1) is 0 Å². The molecule has 116 valence electrons. The lowest BCUT2D eigenvalue weighted by molar-refractivity contribution is 0.133. The van der Waals surface area contributed by atoms with Crippen molar-refractivity contribution in [1.29, 1.82) is 0 Å². The summed E-state index contributed by atoms with van der Waals surface area (Å²) < 4.78 is 0. The molecule has 5 heteroatoms. The number of aromatic nitrogens is 1. The number of nitrogens with zero attached hydrogens (tertiary/aromatic N) is 3. The molecule has 1 aliphatic rings. The third-order valence-electron chi connectivity index (χ3n) is 3.58. The van der Waals surface area contributed by atoms with Crippen LogP contribution in [0.1, 0.15) is 26.3 Å². The van der Waals surface area contributed by atoms with E-state index in [2.05, 4.69) is 36.0 Å². The monoisotopic (exact) mass is 290 g/mol. The quantitative estimate of drug-likeness (QED) is 0.925. The Morgan fingerprint density at radius 2 is 1.81 bits per heavy atom. The maximum atomic E-state index is 12.1. The molecule has 0 unspecified atom stereocenters. The molecule has 0 aromatic carbocycles. The van der Waals surface area contributed by atoms with Crippen molar-refractivity contribution in [3.8, 4) is 0 Å². The van der Waals surface area contributed by atoms with E-state index in [-0.39, 0.29) is 11.4 Å². The summed E-state index contributed by atoms with van der Waals surface area (Å²) in [6.07, 6.45) is 3.65. The summed E-state index contributed by atoms with van der Waals surface area (Å²) in [5.74, 6) is 0. The van der Waals surface area contributed by atoms with E-state index in [4.69, 9.17) is 0 Å². The van der Waals surface area contributed by atoms with Gasteiger partial charge in [0.1, 0.15) is 0 Å². The van der Waals surface area contributed by atoms with E-state index in [1.165, 1.54) is 5.56 Å². The zero-order valence-corrected chi connectivity index (χ0v) is 13.3. The van der Waals surface area contributed by atoms with Gasteiger partial charge in [0.2, 0.25) is 0 Å². The van der Waals surface area contributed by atoms with Gasteiger partial charge in [0.15, 0.2) is 0 Å². The molecule has 2 heterocycles. The minimum absolute atomic E-state index is 0.0634. The third-order valence-corrected chi connectivity index (χ3v) is 3.58. The van der Waals surface area contributed by atoms with Crippen LogP contribution in [0.15, 0.2) is 24.5 Å². The number of carbonyl (C=O) groups excluding carboxylic acids is 1. The van der Waals surface area contributed by atoms with Crippen LogP contribution in [-0.4, -0.2) is 53.5 Å². The lowest BCUT2D eigenvalue weighted by Gasteiger charge is -2.35. The molecule has 0 spiro atoms. The summed E-state index contributed by atoms with van der Waals surface area (Å²) in [6, 6.07) is 4.15. The van der Waals surface area contributed by atoms with Gasteiger partial charge < -0.3 is 10.2 Å². The Hall–Kier alpha value is -1.62. The van der Waals surface area contributed by atoms with Crippen LogP contribution in [0.2, 0.25) is 0 Å². The molecule has 2 amide bonds. The van der Waals surface area contributed by atoms with Crippen LogP contribution in [-0.2, 0) is 6.54 Å². The number of amides is 2. The average molecular weight is 290 g/mol. The fourth-order valence-corrected chi connectivity index (χ4v) is 2.31. The van der Waals surface area contributed by atoms with Crippen molar-refractivity contribution in [2.75, 3.05) is 32.7 Å². The van der Waals surface area contributed by atoms with Crippen LogP contribution in [0.5, 0.6) is 0 Å². The van der Waals surface area contributed by atoms with Gasteiger partial charge in [-0.25, -0.2) is 4.79 Å². The molecule has 0 radical (unpaired) electrons. The Bertz CT molecular complexity index is 447. The number of piperazine rings is 1. The van der Waals surface area contributed by atoms with Crippen molar-refractivity contribution in [3.63, 3.8) is 0 Å². The summed E-state index contributed by atoms with van der Waals surface area (Å²) in [5.41, 5.74) is 1.40. The second kappa shape index (κ2) is 6.89. The summed E-state index contributed by atoms with van der Waals surface area (Å²) in [5, 5.41) is 3.02. The van der Waals surface area contributed by atoms with Crippen LogP contribution >= 0.6 is 0 Å². The molecule has 0 atom stereocenters. The highest BCUT2D eigenvalue weighted by atomic mass is 16.2. The lowest BCUT2D eigenvalue weighted by Crippen LogP contribution is -2.52. The van der Waals surface area contributed by atoms with Gasteiger partial charge in [0, 0.05) is 51.7 Å². The van der Waals surface area contributed by atoms with Crippen molar-refractivity contribution in [2.45, 2.75) is 27.3 Å². The zero-order valence-electron chi connectivity index (χ0n) is 13.3. The molecule has 5 nitrogen and oxygen atoms in total. The summed E-state index contributed by atoms with van der Waals surface area (Å²) in [4.78, 5) is 20.4. The largest absolute Gasteiger partial charge is 0.337 e. The fraction of sp³-hybridized carbons (Fsp3) is 0.625. The molecule has 21 heavy (non-hydrogen) atoms. The first-order valence-corrected chi connectivity index (χ1v) is 7.58. The molecule has 0 aliphatic carbocycles. The van der Waals surface area contributed by atoms with Crippen LogP contribution in [0.3, 0.4) is 0 Å². The molecule has 1 aromatic heterocycles. The standard InChI is InChI=1S/C16H26N4O/c1-16(2,3)13-18-15(21)20-10-8-19(9-11-20)12-14-4-6-17-7-5-14/h4-7H,8-13H2,1-3H3,(H,18,21). The second-order valence-electron chi connectivity index (χ2n) is 6.84. The van der Waals surface area contributed by atoms with Crippen molar-refractivity contribution in [2.24, 2.45) is 5.41 Å². The maximum Gasteiger partial charge on any atom is 0.317 e. The molecule has 0 bridgehead atoms. The average Bonchev–Trinajstić information content (AvgIpc) is 2.46. The third kappa shape index (κ3) is 5.34. The molecule has 1 aromatic rings. The van der Waals surface area contributed by atoms with Crippen LogP contribution in [0.4, 0.5) is 4.79 Å². The Balaban J connectivity index is 1.74. The molecular weight excluding hydrogens is 264 g/mol. The zero-order chi connectivity index (χ0) is 15.3. The van der Waals surface area contributed by atoms with Gasteiger partial charge in [-0.05, 0) is 23.1 Å². The number of pyridine rings is 1. The number of hydrogen-bond donors (Lipinski definition) is 1. The normalized spacial score (nSPS) is 16.8. The number of carbonyl (C=O) groups is 1. The van der Waals surface area contributed by atoms with E-state index in [0.717, 1.165) is 32.7 Å². The second-order valence-corrected chi connectivity index (χ2v) is 6.84. The molecule has 1 aliphatic heterocycles. The van der Waals surface area contributed by atoms with E-state index in [0.29, 0.717) is 6.54 Å². The van der Waals surface area contributed by atoms with Gasteiger partial charge in [-0.15, -0.1) is 0 Å². The van der Waals surface area contributed by atoms with Crippen LogP contribution < -0.4 is 5.32 Å². The predicted molar refractivity (Wildman–Crippen MR) is 83.9 cm³/mol. The Morgan fingerprint density at radius 1 is 1.19 bits per heavy atom. The van der Waals surface area contributed by atoms with Crippen molar-refractivity contribution in [1.82, 2.24) is 20.1 Å². The summed E-state index contributed by atoms with van der Waals surface area (Å²) in [6.45, 7) is 11.4. The first-order valence-electron chi connectivity index (χ1n) is 7.58. The Labute approximate surface area is 127 Å². The number of urea groups is 1. The predicted octanol–water partition coefficient (Wildman–Crippen LogP) is 1.95. The minimum Gasteiger partial charge on any atom is -0.337 e. The van der Waals surface area contributed by atoms with Gasteiger partial charge in [0.25, 0.3) is 0 Å². The van der Waals surface area contributed by atoms with Crippen molar-refractivity contribution in [3.05, 3.63) is 30.1 Å². The van der Waals surface area contributed by atoms with E-state index < -0.39 is 0 Å².